The quantitative estimate of drug-likeness (QED) is 0.319. The Kier molecular flexibility index (Phi) is 11.0. The van der Waals surface area contributed by atoms with E-state index in [0.717, 1.165) is 28.1 Å². The van der Waals surface area contributed by atoms with Gasteiger partial charge in [-0.3, -0.25) is 13.9 Å². The molecule has 0 aromatic heterocycles. The lowest BCUT2D eigenvalue weighted by Gasteiger charge is -2.33. The van der Waals surface area contributed by atoms with Crippen LogP contribution in [0, 0.1) is 0 Å². The monoisotopic (exact) mass is 567 g/mol. The van der Waals surface area contributed by atoms with Crippen LogP contribution in [0.3, 0.4) is 0 Å². The number of hydrogen-bond donors (Lipinski definition) is 1. The van der Waals surface area contributed by atoms with E-state index in [1.807, 2.05) is 43.3 Å². The molecule has 214 valence electrons. The summed E-state index contributed by atoms with van der Waals surface area (Å²) >= 11 is 0. The standard InChI is InChI=1S/C30H37N3O6S/c1-5-18-31-30(35)28(20-23-10-7-6-8-11-23)32(21-24-12-9-13-27(19-24)39-3)29(34)22-33(40(4,36)37)25-14-16-26(38-2)17-15-25/h6-17,19,28H,5,18,20-22H2,1-4H3,(H,31,35)/t28-/m1/s1. The second-order valence-electron chi connectivity index (χ2n) is 9.34. The lowest BCUT2D eigenvalue weighted by Crippen LogP contribution is -2.53. The minimum absolute atomic E-state index is 0.0767. The topological polar surface area (TPSA) is 105 Å². The second kappa shape index (κ2) is 14.4. The smallest absolute Gasteiger partial charge is 0.244 e. The highest BCUT2D eigenvalue weighted by molar-refractivity contribution is 7.92. The maximum atomic E-state index is 14.0. The molecule has 0 saturated heterocycles. The molecule has 3 aromatic rings. The Hall–Kier alpha value is -4.05. The first kappa shape index (κ1) is 30.5. The minimum Gasteiger partial charge on any atom is -0.497 e. The van der Waals surface area contributed by atoms with Crippen molar-refractivity contribution in [3.63, 3.8) is 0 Å². The molecular formula is C30H37N3O6S. The fourth-order valence-electron chi connectivity index (χ4n) is 4.25. The largest absolute Gasteiger partial charge is 0.497 e. The number of sulfonamides is 1. The van der Waals surface area contributed by atoms with Crippen LogP contribution >= 0.6 is 0 Å². The molecule has 0 unspecified atom stereocenters. The van der Waals surface area contributed by atoms with E-state index in [4.69, 9.17) is 9.47 Å². The number of methoxy groups -OCH3 is 2. The summed E-state index contributed by atoms with van der Waals surface area (Å²) in [6.07, 6.45) is 2.03. The first-order valence-corrected chi connectivity index (χ1v) is 14.9. The van der Waals surface area contributed by atoms with Crippen molar-refractivity contribution >= 4 is 27.5 Å². The molecule has 0 spiro atoms. The normalized spacial score (nSPS) is 11.8. The summed E-state index contributed by atoms with van der Waals surface area (Å²) in [4.78, 5) is 29.0. The van der Waals surface area contributed by atoms with Gasteiger partial charge >= 0.3 is 0 Å². The van der Waals surface area contributed by atoms with Gasteiger partial charge in [-0.2, -0.15) is 0 Å². The third-order valence-electron chi connectivity index (χ3n) is 6.35. The van der Waals surface area contributed by atoms with E-state index in [1.54, 1.807) is 49.6 Å². The summed E-state index contributed by atoms with van der Waals surface area (Å²) in [5.74, 6) is 0.337. The van der Waals surface area contributed by atoms with Gasteiger partial charge in [0.25, 0.3) is 0 Å². The van der Waals surface area contributed by atoms with Crippen LogP contribution in [0.5, 0.6) is 11.5 Å². The van der Waals surface area contributed by atoms with Crippen molar-refractivity contribution in [3.8, 4) is 11.5 Å². The highest BCUT2D eigenvalue weighted by Gasteiger charge is 2.33. The molecule has 0 fully saturated rings. The molecule has 9 nitrogen and oxygen atoms in total. The molecule has 0 radical (unpaired) electrons. The van der Waals surface area contributed by atoms with Crippen molar-refractivity contribution < 1.29 is 27.5 Å². The van der Waals surface area contributed by atoms with Crippen molar-refractivity contribution in [2.75, 3.05) is 37.9 Å². The number of ether oxygens (including phenoxy) is 2. The Bertz CT molecular complexity index is 1360. The van der Waals surface area contributed by atoms with Crippen molar-refractivity contribution in [2.24, 2.45) is 0 Å². The van der Waals surface area contributed by atoms with E-state index >= 15 is 0 Å². The maximum Gasteiger partial charge on any atom is 0.244 e. The molecule has 0 aliphatic carbocycles. The molecule has 3 rings (SSSR count). The molecule has 0 aliphatic rings. The molecule has 3 aromatic carbocycles. The Morgan fingerprint density at radius 3 is 2.12 bits per heavy atom. The van der Waals surface area contributed by atoms with Gasteiger partial charge < -0.3 is 19.7 Å². The third kappa shape index (κ3) is 8.47. The third-order valence-corrected chi connectivity index (χ3v) is 7.49. The fraction of sp³-hybridized carbons (Fsp3) is 0.333. The molecular weight excluding hydrogens is 530 g/mol. The number of benzene rings is 3. The van der Waals surface area contributed by atoms with Crippen LogP contribution in [0.25, 0.3) is 0 Å². The van der Waals surface area contributed by atoms with Gasteiger partial charge in [0.1, 0.15) is 24.1 Å². The zero-order chi connectivity index (χ0) is 29.1. The Labute approximate surface area is 236 Å². The number of carbonyl (C=O) groups excluding carboxylic acids is 2. The average molecular weight is 568 g/mol. The van der Waals surface area contributed by atoms with E-state index in [-0.39, 0.29) is 18.9 Å². The predicted octanol–water partition coefficient (Wildman–Crippen LogP) is 3.64. The van der Waals surface area contributed by atoms with Crippen molar-refractivity contribution in [2.45, 2.75) is 32.4 Å². The van der Waals surface area contributed by atoms with Gasteiger partial charge in [-0.05, 0) is 53.9 Å². The van der Waals surface area contributed by atoms with Gasteiger partial charge in [-0.1, -0.05) is 49.4 Å². The van der Waals surface area contributed by atoms with Gasteiger partial charge in [-0.15, -0.1) is 0 Å². The van der Waals surface area contributed by atoms with E-state index in [2.05, 4.69) is 5.32 Å². The molecule has 0 aliphatic heterocycles. The number of nitrogens with one attached hydrogen (secondary N) is 1. The highest BCUT2D eigenvalue weighted by atomic mass is 32.2. The zero-order valence-electron chi connectivity index (χ0n) is 23.4. The number of nitrogens with zero attached hydrogens (tertiary/aromatic N) is 2. The van der Waals surface area contributed by atoms with Crippen LogP contribution in [0.1, 0.15) is 24.5 Å². The SMILES string of the molecule is CCCNC(=O)[C@@H](Cc1ccccc1)N(Cc1cccc(OC)c1)C(=O)CN(c1ccc(OC)cc1)S(C)(=O)=O. The first-order valence-electron chi connectivity index (χ1n) is 13.0. The fourth-order valence-corrected chi connectivity index (χ4v) is 5.10. The van der Waals surface area contributed by atoms with E-state index in [9.17, 15) is 18.0 Å². The van der Waals surface area contributed by atoms with E-state index < -0.39 is 28.5 Å². The number of rotatable bonds is 14. The van der Waals surface area contributed by atoms with Crippen molar-refractivity contribution in [1.29, 1.82) is 0 Å². The summed E-state index contributed by atoms with van der Waals surface area (Å²) in [5, 5.41) is 2.92. The van der Waals surface area contributed by atoms with Gasteiger partial charge in [0.15, 0.2) is 0 Å². The van der Waals surface area contributed by atoms with E-state index in [1.165, 1.54) is 12.0 Å². The van der Waals surface area contributed by atoms with Crippen LogP contribution in [-0.2, 0) is 32.6 Å². The number of amides is 2. The molecule has 40 heavy (non-hydrogen) atoms. The summed E-state index contributed by atoms with van der Waals surface area (Å²) in [7, 11) is -0.778. The van der Waals surface area contributed by atoms with Crippen LogP contribution in [0.15, 0.2) is 78.9 Å². The molecule has 0 saturated carbocycles. The number of anilines is 1. The Morgan fingerprint density at radius 1 is 0.875 bits per heavy atom. The van der Waals surface area contributed by atoms with Crippen LogP contribution in [0.2, 0.25) is 0 Å². The molecule has 0 heterocycles. The summed E-state index contributed by atoms with van der Waals surface area (Å²) in [6, 6.07) is 22.2. The van der Waals surface area contributed by atoms with Crippen LogP contribution in [-0.4, -0.2) is 64.7 Å². The summed E-state index contributed by atoms with van der Waals surface area (Å²) < 4.78 is 37.3. The minimum atomic E-state index is -3.84. The van der Waals surface area contributed by atoms with Crippen molar-refractivity contribution in [3.05, 3.63) is 90.0 Å². The maximum absolute atomic E-state index is 14.0. The Balaban J connectivity index is 2.04. The van der Waals surface area contributed by atoms with Crippen LogP contribution < -0.4 is 19.1 Å². The second-order valence-corrected chi connectivity index (χ2v) is 11.2. The molecule has 10 heteroatoms. The average Bonchev–Trinajstić information content (AvgIpc) is 2.96. The molecule has 2 amide bonds. The highest BCUT2D eigenvalue weighted by Crippen LogP contribution is 2.23. The summed E-state index contributed by atoms with van der Waals surface area (Å²) in [6.45, 7) is 1.99. The van der Waals surface area contributed by atoms with Crippen LogP contribution in [0.4, 0.5) is 5.69 Å². The van der Waals surface area contributed by atoms with Gasteiger partial charge in [0.2, 0.25) is 21.8 Å². The lowest BCUT2D eigenvalue weighted by molar-refractivity contribution is -0.140. The number of carbonyl (C=O) groups is 2. The Morgan fingerprint density at radius 2 is 1.52 bits per heavy atom. The molecule has 1 N–H and O–H groups in total. The van der Waals surface area contributed by atoms with E-state index in [0.29, 0.717) is 23.7 Å². The first-order chi connectivity index (χ1) is 19.2. The predicted molar refractivity (Wildman–Crippen MR) is 156 cm³/mol. The molecule has 0 bridgehead atoms. The zero-order valence-corrected chi connectivity index (χ0v) is 24.2. The van der Waals surface area contributed by atoms with Gasteiger partial charge in [0, 0.05) is 19.5 Å². The van der Waals surface area contributed by atoms with Gasteiger partial charge in [-0.25, -0.2) is 8.42 Å². The number of hydrogen-bond acceptors (Lipinski definition) is 6. The molecule has 1 atom stereocenters. The van der Waals surface area contributed by atoms with Gasteiger partial charge in [0.05, 0.1) is 26.2 Å². The lowest BCUT2D eigenvalue weighted by atomic mass is 10.0. The summed E-state index contributed by atoms with van der Waals surface area (Å²) in [5.41, 5.74) is 1.93. The van der Waals surface area contributed by atoms with Crippen molar-refractivity contribution in [1.82, 2.24) is 10.2 Å².